The molecule has 8 nitrogen and oxygen atoms in total. The third kappa shape index (κ3) is 2.76. The molecule has 0 radical (unpaired) electrons. The van der Waals surface area contributed by atoms with Crippen LogP contribution in [0.2, 0.25) is 0 Å². The van der Waals surface area contributed by atoms with Gasteiger partial charge in [0.25, 0.3) is 5.89 Å². The fraction of sp³-hybridized carbons (Fsp3) is 0.118. The lowest BCUT2D eigenvalue weighted by molar-refractivity contribution is 0.432. The molecule has 132 valence electrons. The number of benzene rings is 2. The summed E-state index contributed by atoms with van der Waals surface area (Å²) >= 11 is 0. The second-order valence-corrected chi connectivity index (χ2v) is 7.52. The van der Waals surface area contributed by atoms with Crippen molar-refractivity contribution in [3.8, 4) is 22.8 Å². The third-order valence-electron chi connectivity index (χ3n) is 4.17. The maximum Gasteiger partial charge on any atom is 0.258 e. The van der Waals surface area contributed by atoms with Crippen LogP contribution in [0.5, 0.6) is 0 Å². The van der Waals surface area contributed by atoms with Gasteiger partial charge in [-0.2, -0.15) is 10.1 Å². The Hall–Kier alpha value is -3.04. The van der Waals surface area contributed by atoms with Gasteiger partial charge in [-0.3, -0.25) is 4.68 Å². The van der Waals surface area contributed by atoms with Gasteiger partial charge in [0.15, 0.2) is 0 Å². The van der Waals surface area contributed by atoms with E-state index in [9.17, 15) is 8.42 Å². The van der Waals surface area contributed by atoms with Crippen molar-refractivity contribution in [2.24, 2.45) is 12.2 Å². The van der Waals surface area contributed by atoms with Crippen LogP contribution in [0.3, 0.4) is 0 Å². The van der Waals surface area contributed by atoms with Crippen LogP contribution in [0.15, 0.2) is 52.0 Å². The Morgan fingerprint density at radius 3 is 2.65 bits per heavy atom. The van der Waals surface area contributed by atoms with Crippen LogP contribution in [0, 0.1) is 6.92 Å². The summed E-state index contributed by atoms with van der Waals surface area (Å²) in [5.41, 5.74) is 2.76. The lowest BCUT2D eigenvalue weighted by Gasteiger charge is -2.04. The maximum atomic E-state index is 11.7. The van der Waals surface area contributed by atoms with Gasteiger partial charge in [0, 0.05) is 23.6 Å². The molecule has 0 fully saturated rings. The van der Waals surface area contributed by atoms with E-state index in [1.54, 1.807) is 29.9 Å². The number of rotatable bonds is 3. The molecule has 2 aromatic carbocycles. The molecule has 0 saturated carbocycles. The van der Waals surface area contributed by atoms with Crippen molar-refractivity contribution in [2.75, 3.05) is 0 Å². The van der Waals surface area contributed by atoms with Crippen LogP contribution in [0.1, 0.15) is 5.56 Å². The first kappa shape index (κ1) is 16.4. The number of nitrogens with zero attached hydrogens (tertiary/aromatic N) is 4. The minimum Gasteiger partial charge on any atom is -0.334 e. The highest BCUT2D eigenvalue weighted by Gasteiger charge is 2.17. The number of hydrogen-bond donors (Lipinski definition) is 1. The highest BCUT2D eigenvalue weighted by atomic mass is 32.2. The van der Waals surface area contributed by atoms with Gasteiger partial charge in [-0.05, 0) is 30.7 Å². The number of hydrogen-bond acceptors (Lipinski definition) is 6. The lowest BCUT2D eigenvalue weighted by atomic mass is 10.1. The van der Waals surface area contributed by atoms with Crippen LogP contribution < -0.4 is 5.14 Å². The topological polar surface area (TPSA) is 117 Å². The summed E-state index contributed by atoms with van der Waals surface area (Å²) in [6.07, 6.45) is 1.78. The number of primary sulfonamides is 1. The van der Waals surface area contributed by atoms with Gasteiger partial charge in [-0.15, -0.1) is 0 Å². The molecule has 2 N–H and O–H groups in total. The van der Waals surface area contributed by atoms with Gasteiger partial charge in [-0.1, -0.05) is 23.4 Å². The predicted molar refractivity (Wildman–Crippen MR) is 95.6 cm³/mol. The zero-order chi connectivity index (χ0) is 18.5. The molecule has 0 unspecified atom stereocenters. The Balaban J connectivity index is 1.77. The highest BCUT2D eigenvalue weighted by molar-refractivity contribution is 7.89. The van der Waals surface area contributed by atoms with Crippen molar-refractivity contribution < 1.29 is 12.9 Å². The highest BCUT2D eigenvalue weighted by Crippen LogP contribution is 2.27. The Kier molecular flexibility index (Phi) is 3.63. The molecule has 4 aromatic rings. The van der Waals surface area contributed by atoms with Crippen molar-refractivity contribution in [3.63, 3.8) is 0 Å². The van der Waals surface area contributed by atoms with E-state index in [-0.39, 0.29) is 10.8 Å². The van der Waals surface area contributed by atoms with Crippen LogP contribution in [-0.2, 0) is 17.1 Å². The van der Waals surface area contributed by atoms with E-state index in [0.717, 1.165) is 16.5 Å². The van der Waals surface area contributed by atoms with E-state index in [4.69, 9.17) is 9.66 Å². The first-order valence-corrected chi connectivity index (χ1v) is 9.27. The van der Waals surface area contributed by atoms with Gasteiger partial charge >= 0.3 is 0 Å². The van der Waals surface area contributed by atoms with Crippen LogP contribution in [-0.4, -0.2) is 28.3 Å². The molecular weight excluding hydrogens is 354 g/mol. The van der Waals surface area contributed by atoms with Gasteiger partial charge < -0.3 is 4.52 Å². The number of nitrogens with two attached hydrogens (primary N) is 1. The molecule has 26 heavy (non-hydrogen) atoms. The van der Waals surface area contributed by atoms with E-state index in [1.807, 2.05) is 25.2 Å². The van der Waals surface area contributed by atoms with Crippen LogP contribution >= 0.6 is 0 Å². The van der Waals surface area contributed by atoms with Crippen molar-refractivity contribution in [1.82, 2.24) is 19.9 Å². The third-order valence-corrected chi connectivity index (χ3v) is 5.23. The van der Waals surface area contributed by atoms with E-state index >= 15 is 0 Å². The summed E-state index contributed by atoms with van der Waals surface area (Å²) in [5.74, 6) is 0.621. The quantitative estimate of drug-likeness (QED) is 0.592. The van der Waals surface area contributed by atoms with Gasteiger partial charge in [0.1, 0.15) is 0 Å². The Morgan fingerprint density at radius 2 is 1.88 bits per heavy atom. The zero-order valence-corrected chi connectivity index (χ0v) is 14.9. The average molecular weight is 369 g/mol. The first-order chi connectivity index (χ1) is 12.3. The fourth-order valence-electron chi connectivity index (χ4n) is 2.78. The summed E-state index contributed by atoms with van der Waals surface area (Å²) in [4.78, 5) is 4.41. The number of aryl methyl sites for hydroxylation is 2. The molecule has 0 saturated heterocycles. The Labute approximate surface area is 149 Å². The molecule has 0 aliphatic carbocycles. The average Bonchev–Trinajstić information content (AvgIpc) is 3.22. The summed E-state index contributed by atoms with van der Waals surface area (Å²) < 4.78 is 30.5. The second-order valence-electron chi connectivity index (χ2n) is 5.99. The Morgan fingerprint density at radius 1 is 1.12 bits per heavy atom. The summed E-state index contributed by atoms with van der Waals surface area (Å²) in [6, 6.07) is 10.5. The Bertz CT molecular complexity index is 1240. The molecule has 2 heterocycles. The number of sulfonamides is 1. The molecule has 4 rings (SSSR count). The van der Waals surface area contributed by atoms with Crippen LogP contribution in [0.4, 0.5) is 0 Å². The van der Waals surface area contributed by atoms with E-state index in [1.165, 1.54) is 6.07 Å². The smallest absolute Gasteiger partial charge is 0.258 e. The molecule has 0 aliphatic heterocycles. The van der Waals surface area contributed by atoms with E-state index < -0.39 is 10.0 Å². The molecule has 2 aromatic heterocycles. The normalized spacial score (nSPS) is 12.0. The molecule has 0 spiro atoms. The second kappa shape index (κ2) is 5.75. The van der Waals surface area contributed by atoms with Gasteiger partial charge in [0.2, 0.25) is 15.8 Å². The lowest BCUT2D eigenvalue weighted by Crippen LogP contribution is -2.13. The standard InChI is InChI=1S/C17H15N5O3S/c1-10-3-4-12(8-15(10)26(18,23)24)17-20-16(21-25-17)11-5-6-13-9-19-22(2)14(13)7-11/h3-9H,1-2H3,(H2,18,23,24). The van der Waals surface area contributed by atoms with E-state index in [2.05, 4.69) is 15.2 Å². The summed E-state index contributed by atoms with van der Waals surface area (Å²) in [6.45, 7) is 1.67. The van der Waals surface area contributed by atoms with Crippen LogP contribution in [0.25, 0.3) is 33.7 Å². The minimum atomic E-state index is -3.83. The van der Waals surface area contributed by atoms with Crippen molar-refractivity contribution in [3.05, 3.63) is 48.2 Å². The van der Waals surface area contributed by atoms with Gasteiger partial charge in [0.05, 0.1) is 16.6 Å². The number of fused-ring (bicyclic) bond motifs is 1. The van der Waals surface area contributed by atoms with E-state index in [0.29, 0.717) is 17.0 Å². The monoisotopic (exact) mass is 369 g/mol. The summed E-state index contributed by atoms with van der Waals surface area (Å²) in [7, 11) is -1.98. The van der Waals surface area contributed by atoms with Crippen molar-refractivity contribution in [1.29, 1.82) is 0 Å². The maximum absolute atomic E-state index is 11.7. The molecule has 0 atom stereocenters. The zero-order valence-electron chi connectivity index (χ0n) is 14.0. The molecule has 0 bridgehead atoms. The SMILES string of the molecule is Cc1ccc(-c2nc(-c3ccc4cnn(C)c4c3)no2)cc1S(N)(=O)=O. The molecule has 0 amide bonds. The molecule has 9 heteroatoms. The first-order valence-electron chi connectivity index (χ1n) is 7.72. The van der Waals surface area contributed by atoms with Crippen molar-refractivity contribution in [2.45, 2.75) is 11.8 Å². The predicted octanol–water partition coefficient (Wildman–Crippen LogP) is 2.25. The number of aromatic nitrogens is 4. The molecule has 0 aliphatic rings. The summed E-state index contributed by atoms with van der Waals surface area (Å²) in [5, 5.41) is 14.5. The fourth-order valence-corrected chi connectivity index (χ4v) is 3.59. The van der Waals surface area contributed by atoms with Gasteiger partial charge in [-0.25, -0.2) is 13.6 Å². The van der Waals surface area contributed by atoms with Crippen molar-refractivity contribution >= 4 is 20.9 Å². The molecular formula is C17H15N5O3S. The largest absolute Gasteiger partial charge is 0.334 e. The minimum absolute atomic E-state index is 0.0334.